The highest BCUT2D eigenvalue weighted by Gasteiger charge is 2.10. The Morgan fingerprint density at radius 1 is 1.00 bits per heavy atom. The van der Waals surface area contributed by atoms with E-state index < -0.39 is 0 Å². The van der Waals surface area contributed by atoms with Gasteiger partial charge in [0.25, 0.3) is 0 Å². The van der Waals surface area contributed by atoms with E-state index in [1.54, 1.807) is 11.3 Å². The third-order valence-electron chi connectivity index (χ3n) is 4.32. The van der Waals surface area contributed by atoms with Gasteiger partial charge in [-0.15, -0.1) is 11.3 Å². The van der Waals surface area contributed by atoms with E-state index in [2.05, 4.69) is 44.0 Å². The van der Waals surface area contributed by atoms with Gasteiger partial charge >= 0.3 is 0 Å². The summed E-state index contributed by atoms with van der Waals surface area (Å²) in [6.07, 6.45) is 1.54. The lowest BCUT2D eigenvalue weighted by Crippen LogP contribution is -2.07. The topological polar surface area (TPSA) is 79.3 Å². The van der Waals surface area contributed by atoms with Gasteiger partial charge < -0.3 is 5.32 Å². The van der Waals surface area contributed by atoms with Crippen LogP contribution in [0.3, 0.4) is 0 Å². The van der Waals surface area contributed by atoms with Gasteiger partial charge in [-0.1, -0.05) is 42.5 Å². The lowest BCUT2D eigenvalue weighted by atomic mass is 10.1. The van der Waals surface area contributed by atoms with Crippen LogP contribution in [0.25, 0.3) is 20.7 Å². The van der Waals surface area contributed by atoms with Gasteiger partial charge in [-0.3, -0.25) is 10.2 Å². The lowest BCUT2D eigenvalue weighted by Gasteiger charge is -2.06. The standard InChI is InChI=1S/C22H19N5OS/c1-14(17-9-6-10-18(11-17)25-15(2)28)26-27-21-19-12-20(16-7-4-3-5-8-16)29-22(19)24-13-23-21/h3-13H,1-2H3,(H,25,28)(H,23,24,27)/b26-14-. The maximum Gasteiger partial charge on any atom is 0.221 e. The minimum absolute atomic E-state index is 0.107. The molecule has 2 aromatic heterocycles. The normalized spacial score (nSPS) is 11.4. The monoisotopic (exact) mass is 401 g/mol. The van der Waals surface area contributed by atoms with Crippen molar-refractivity contribution >= 4 is 44.7 Å². The van der Waals surface area contributed by atoms with Crippen molar-refractivity contribution in [1.82, 2.24) is 9.97 Å². The molecule has 0 aliphatic carbocycles. The third kappa shape index (κ3) is 4.30. The summed E-state index contributed by atoms with van der Waals surface area (Å²) in [7, 11) is 0. The summed E-state index contributed by atoms with van der Waals surface area (Å²) in [6.45, 7) is 3.39. The summed E-state index contributed by atoms with van der Waals surface area (Å²) in [6, 6.07) is 19.8. The highest BCUT2D eigenvalue weighted by molar-refractivity contribution is 7.21. The molecule has 7 heteroatoms. The number of hydrogen-bond acceptors (Lipinski definition) is 6. The second kappa shape index (κ2) is 8.20. The van der Waals surface area contributed by atoms with Crippen LogP contribution in [0.2, 0.25) is 0 Å². The Kier molecular flexibility index (Phi) is 5.31. The molecule has 4 aromatic rings. The molecule has 2 heterocycles. The van der Waals surface area contributed by atoms with Gasteiger partial charge in [0.05, 0.1) is 11.1 Å². The van der Waals surface area contributed by atoms with E-state index in [1.165, 1.54) is 13.3 Å². The van der Waals surface area contributed by atoms with Crippen molar-refractivity contribution in [3.8, 4) is 10.4 Å². The molecule has 0 saturated carbocycles. The first-order valence-electron chi connectivity index (χ1n) is 9.08. The molecular weight excluding hydrogens is 382 g/mol. The van der Waals surface area contributed by atoms with Crippen LogP contribution in [0.5, 0.6) is 0 Å². The number of thiophene rings is 1. The molecular formula is C22H19N5OS. The number of benzene rings is 2. The fourth-order valence-corrected chi connectivity index (χ4v) is 3.92. The highest BCUT2D eigenvalue weighted by Crippen LogP contribution is 2.34. The Balaban J connectivity index is 1.61. The second-order valence-electron chi connectivity index (χ2n) is 6.49. The first-order valence-corrected chi connectivity index (χ1v) is 9.90. The van der Waals surface area contributed by atoms with Crippen LogP contribution in [0, 0.1) is 0 Å². The van der Waals surface area contributed by atoms with Crippen molar-refractivity contribution in [1.29, 1.82) is 0 Å². The first-order chi connectivity index (χ1) is 14.1. The SMILES string of the molecule is CC(=O)Nc1cccc(/C(C)=N\Nc2ncnc3sc(-c4ccccc4)cc23)c1. The van der Waals surface area contributed by atoms with Crippen molar-refractivity contribution in [2.24, 2.45) is 5.10 Å². The fraction of sp³-hybridized carbons (Fsp3) is 0.0909. The average molecular weight is 401 g/mol. The molecule has 4 rings (SSSR count). The van der Waals surface area contributed by atoms with E-state index in [1.807, 2.05) is 49.4 Å². The molecule has 0 fully saturated rings. The van der Waals surface area contributed by atoms with E-state index in [0.717, 1.165) is 37.6 Å². The number of carbonyl (C=O) groups excluding carboxylic acids is 1. The van der Waals surface area contributed by atoms with Crippen LogP contribution in [-0.2, 0) is 4.79 Å². The van der Waals surface area contributed by atoms with Gasteiger partial charge in [0.1, 0.15) is 11.2 Å². The molecule has 0 saturated heterocycles. The number of anilines is 2. The molecule has 6 nitrogen and oxygen atoms in total. The van der Waals surface area contributed by atoms with Crippen molar-refractivity contribution in [2.45, 2.75) is 13.8 Å². The smallest absolute Gasteiger partial charge is 0.221 e. The predicted molar refractivity (Wildman–Crippen MR) is 119 cm³/mol. The molecule has 29 heavy (non-hydrogen) atoms. The number of rotatable bonds is 5. The van der Waals surface area contributed by atoms with Gasteiger partial charge in [0, 0.05) is 17.5 Å². The van der Waals surface area contributed by atoms with Gasteiger partial charge in [0.15, 0.2) is 5.82 Å². The van der Waals surface area contributed by atoms with E-state index in [-0.39, 0.29) is 5.91 Å². The maximum absolute atomic E-state index is 11.3. The van der Waals surface area contributed by atoms with E-state index in [4.69, 9.17) is 0 Å². The number of hydrazone groups is 1. The predicted octanol–water partition coefficient (Wildman–Crippen LogP) is 5.15. The fourth-order valence-electron chi connectivity index (χ4n) is 2.92. The minimum atomic E-state index is -0.107. The van der Waals surface area contributed by atoms with Gasteiger partial charge in [-0.2, -0.15) is 5.10 Å². The lowest BCUT2D eigenvalue weighted by molar-refractivity contribution is -0.114. The first kappa shape index (κ1) is 18.8. The summed E-state index contributed by atoms with van der Waals surface area (Å²) in [5.41, 5.74) is 6.64. The Morgan fingerprint density at radius 3 is 2.62 bits per heavy atom. The van der Waals surface area contributed by atoms with Crippen molar-refractivity contribution in [2.75, 3.05) is 10.7 Å². The molecule has 0 aliphatic heterocycles. The molecule has 2 aromatic carbocycles. The largest absolute Gasteiger partial charge is 0.326 e. The van der Waals surface area contributed by atoms with Gasteiger partial charge in [-0.25, -0.2) is 9.97 Å². The van der Waals surface area contributed by atoms with E-state index in [9.17, 15) is 4.79 Å². The van der Waals surface area contributed by atoms with Crippen molar-refractivity contribution in [3.05, 3.63) is 72.6 Å². The summed E-state index contributed by atoms with van der Waals surface area (Å²) in [5.74, 6) is 0.552. The van der Waals surface area contributed by atoms with E-state index in [0.29, 0.717) is 5.82 Å². The third-order valence-corrected chi connectivity index (χ3v) is 5.41. The Hall–Kier alpha value is -3.58. The molecule has 1 amide bonds. The molecule has 0 spiro atoms. The molecule has 0 radical (unpaired) electrons. The maximum atomic E-state index is 11.3. The van der Waals surface area contributed by atoms with Crippen molar-refractivity contribution < 1.29 is 4.79 Å². The number of carbonyl (C=O) groups is 1. The number of nitrogens with one attached hydrogen (secondary N) is 2. The number of aromatic nitrogens is 2. The second-order valence-corrected chi connectivity index (χ2v) is 7.52. The van der Waals surface area contributed by atoms with Crippen LogP contribution in [0.15, 0.2) is 72.1 Å². The average Bonchev–Trinajstić information content (AvgIpc) is 3.17. The Labute approximate surface area is 172 Å². The van der Waals surface area contributed by atoms with Crippen LogP contribution in [-0.4, -0.2) is 21.6 Å². The number of nitrogens with zero attached hydrogens (tertiary/aromatic N) is 3. The zero-order valence-corrected chi connectivity index (χ0v) is 16.8. The minimum Gasteiger partial charge on any atom is -0.326 e. The molecule has 0 unspecified atom stereocenters. The zero-order chi connectivity index (χ0) is 20.2. The zero-order valence-electron chi connectivity index (χ0n) is 16.0. The number of amides is 1. The summed E-state index contributed by atoms with van der Waals surface area (Å²) >= 11 is 1.62. The molecule has 0 bridgehead atoms. The number of hydrogen-bond donors (Lipinski definition) is 2. The quantitative estimate of drug-likeness (QED) is 0.358. The molecule has 0 atom stereocenters. The van der Waals surface area contributed by atoms with Gasteiger partial charge in [0.2, 0.25) is 5.91 Å². The summed E-state index contributed by atoms with van der Waals surface area (Å²) in [5, 5.41) is 8.20. The molecule has 0 aliphatic rings. The Morgan fingerprint density at radius 2 is 1.83 bits per heavy atom. The van der Waals surface area contributed by atoms with Gasteiger partial charge in [-0.05, 0) is 36.2 Å². The van der Waals surface area contributed by atoms with E-state index >= 15 is 0 Å². The highest BCUT2D eigenvalue weighted by atomic mass is 32.1. The van der Waals surface area contributed by atoms with Crippen LogP contribution in [0.1, 0.15) is 19.4 Å². The summed E-state index contributed by atoms with van der Waals surface area (Å²) < 4.78 is 0. The number of fused-ring (bicyclic) bond motifs is 1. The van der Waals surface area contributed by atoms with Crippen LogP contribution < -0.4 is 10.7 Å². The molecule has 144 valence electrons. The van der Waals surface area contributed by atoms with Crippen molar-refractivity contribution in [3.63, 3.8) is 0 Å². The summed E-state index contributed by atoms with van der Waals surface area (Å²) in [4.78, 5) is 22.1. The van der Waals surface area contributed by atoms with Crippen LogP contribution >= 0.6 is 11.3 Å². The molecule has 2 N–H and O–H groups in total. The Bertz CT molecular complexity index is 1200. The van der Waals surface area contributed by atoms with Crippen LogP contribution in [0.4, 0.5) is 11.5 Å².